The predicted molar refractivity (Wildman–Crippen MR) is 31.7 cm³/mol. The van der Waals surface area contributed by atoms with E-state index in [0.717, 1.165) is 18.0 Å². The summed E-state index contributed by atoms with van der Waals surface area (Å²) in [6, 6.07) is 0. The molecule has 0 radical (unpaired) electrons. The van der Waals surface area contributed by atoms with E-state index in [-0.39, 0.29) is 0 Å². The van der Waals surface area contributed by atoms with Gasteiger partial charge in [0, 0.05) is 12.6 Å². The number of allylic oxidation sites excluding steroid dienone is 1. The molecule has 1 aliphatic heterocycles. The summed E-state index contributed by atoms with van der Waals surface area (Å²) in [6.45, 7) is 0. The van der Waals surface area contributed by atoms with E-state index < -0.39 is 0 Å². The second kappa shape index (κ2) is 2.12. The van der Waals surface area contributed by atoms with Crippen LogP contribution in [0.5, 0.6) is 0 Å². The summed E-state index contributed by atoms with van der Waals surface area (Å²) in [5, 5.41) is 0.725. The van der Waals surface area contributed by atoms with Crippen molar-refractivity contribution in [1.82, 2.24) is 0 Å². The van der Waals surface area contributed by atoms with E-state index in [1.165, 1.54) is 0 Å². The van der Waals surface area contributed by atoms with Crippen LogP contribution in [0.3, 0.4) is 0 Å². The minimum absolute atomic E-state index is 0.725. The largest absolute Gasteiger partial charge is 0.249 e. The second-order valence-corrected chi connectivity index (χ2v) is 1.87. The van der Waals surface area contributed by atoms with Crippen molar-refractivity contribution in [3.63, 3.8) is 0 Å². The summed E-state index contributed by atoms with van der Waals surface area (Å²) in [6.07, 6.45) is 5.71. The zero-order valence-corrected chi connectivity index (χ0v) is 4.65. The molecule has 0 aliphatic carbocycles. The number of halogens is 1. The van der Waals surface area contributed by atoms with Gasteiger partial charge in [-0.1, -0.05) is 17.7 Å². The van der Waals surface area contributed by atoms with Gasteiger partial charge in [0.05, 0.1) is 0 Å². The highest BCUT2D eigenvalue weighted by Gasteiger charge is 1.92. The van der Waals surface area contributed by atoms with Gasteiger partial charge in [0.1, 0.15) is 5.17 Å². The normalized spacial score (nSPS) is 19.3. The van der Waals surface area contributed by atoms with E-state index in [2.05, 4.69) is 4.99 Å². The molecular formula is C5H6ClN. The van der Waals surface area contributed by atoms with Crippen LogP contribution in [-0.4, -0.2) is 5.17 Å². The van der Waals surface area contributed by atoms with Gasteiger partial charge in [-0.3, -0.25) is 0 Å². The number of hydrogen-bond acceptors (Lipinski definition) is 1. The lowest BCUT2D eigenvalue weighted by Crippen LogP contribution is -1.87. The van der Waals surface area contributed by atoms with Gasteiger partial charge >= 0.3 is 0 Å². The third kappa shape index (κ3) is 1.32. The SMILES string of the molecule is ClC1=NC=CCC1. The summed E-state index contributed by atoms with van der Waals surface area (Å²) in [7, 11) is 0. The van der Waals surface area contributed by atoms with Crippen molar-refractivity contribution in [2.75, 3.05) is 0 Å². The Bertz CT molecular complexity index is 115. The molecule has 0 aromatic carbocycles. The molecule has 0 unspecified atom stereocenters. The average Bonchev–Trinajstić information content (AvgIpc) is 1.69. The molecule has 0 fully saturated rings. The van der Waals surface area contributed by atoms with Crippen molar-refractivity contribution in [3.8, 4) is 0 Å². The highest BCUT2D eigenvalue weighted by Crippen LogP contribution is 2.04. The molecule has 0 bridgehead atoms. The molecule has 0 aromatic rings. The Morgan fingerprint density at radius 3 is 2.86 bits per heavy atom. The highest BCUT2D eigenvalue weighted by molar-refractivity contribution is 6.65. The molecule has 0 amide bonds. The van der Waals surface area contributed by atoms with Gasteiger partial charge in [-0.25, -0.2) is 4.99 Å². The number of nitrogens with zero attached hydrogens (tertiary/aromatic N) is 1. The maximum atomic E-state index is 5.52. The Morgan fingerprint density at radius 2 is 2.57 bits per heavy atom. The quantitative estimate of drug-likeness (QED) is 0.458. The maximum absolute atomic E-state index is 5.52. The molecule has 0 saturated heterocycles. The van der Waals surface area contributed by atoms with Crippen LogP contribution in [0.4, 0.5) is 0 Å². The van der Waals surface area contributed by atoms with Crippen LogP contribution in [0.2, 0.25) is 0 Å². The molecular weight excluding hydrogens is 110 g/mol. The summed E-state index contributed by atoms with van der Waals surface area (Å²) in [4.78, 5) is 3.83. The predicted octanol–water partition coefficient (Wildman–Crippen LogP) is 1.93. The molecule has 0 atom stereocenters. The molecule has 0 spiro atoms. The van der Waals surface area contributed by atoms with Gasteiger partial charge in [-0.15, -0.1) is 0 Å². The van der Waals surface area contributed by atoms with Crippen LogP contribution >= 0.6 is 11.6 Å². The van der Waals surface area contributed by atoms with Crippen molar-refractivity contribution in [1.29, 1.82) is 0 Å². The zero-order chi connectivity index (χ0) is 5.11. The molecule has 1 rings (SSSR count). The van der Waals surface area contributed by atoms with Crippen LogP contribution in [0.25, 0.3) is 0 Å². The molecule has 7 heavy (non-hydrogen) atoms. The van der Waals surface area contributed by atoms with Crippen LogP contribution in [0.15, 0.2) is 17.3 Å². The molecule has 1 nitrogen and oxygen atoms in total. The minimum Gasteiger partial charge on any atom is -0.249 e. The number of hydrogen-bond donors (Lipinski definition) is 0. The van der Waals surface area contributed by atoms with Crippen molar-refractivity contribution in [3.05, 3.63) is 12.3 Å². The lowest BCUT2D eigenvalue weighted by Gasteiger charge is -1.95. The topological polar surface area (TPSA) is 12.4 Å². The molecule has 2 heteroatoms. The van der Waals surface area contributed by atoms with E-state index in [9.17, 15) is 0 Å². The molecule has 0 N–H and O–H groups in total. The Morgan fingerprint density at radius 1 is 1.71 bits per heavy atom. The van der Waals surface area contributed by atoms with E-state index in [0.29, 0.717) is 0 Å². The van der Waals surface area contributed by atoms with Crippen LogP contribution < -0.4 is 0 Å². The smallest absolute Gasteiger partial charge is 0.106 e. The molecule has 0 aromatic heterocycles. The summed E-state index contributed by atoms with van der Waals surface area (Å²) >= 11 is 5.52. The van der Waals surface area contributed by atoms with Crippen LogP contribution in [0, 0.1) is 0 Å². The Hall–Kier alpha value is -0.300. The monoisotopic (exact) mass is 115 g/mol. The van der Waals surface area contributed by atoms with Gasteiger partial charge in [0.2, 0.25) is 0 Å². The van der Waals surface area contributed by atoms with Gasteiger partial charge in [-0.05, 0) is 6.42 Å². The number of aliphatic imine (C=N–C) groups is 1. The Labute approximate surface area is 47.7 Å². The first-order valence-electron chi connectivity index (χ1n) is 2.27. The van der Waals surface area contributed by atoms with E-state index >= 15 is 0 Å². The Balaban J connectivity index is 2.57. The lowest BCUT2D eigenvalue weighted by molar-refractivity contribution is 1.08. The average molecular weight is 116 g/mol. The highest BCUT2D eigenvalue weighted by atomic mass is 35.5. The van der Waals surface area contributed by atoms with E-state index in [1.807, 2.05) is 6.08 Å². The van der Waals surface area contributed by atoms with Crippen molar-refractivity contribution in [2.45, 2.75) is 12.8 Å². The van der Waals surface area contributed by atoms with Crippen molar-refractivity contribution >= 4 is 16.8 Å². The first-order valence-corrected chi connectivity index (χ1v) is 2.64. The van der Waals surface area contributed by atoms with Gasteiger partial charge in [0.15, 0.2) is 0 Å². The fourth-order valence-corrected chi connectivity index (χ4v) is 0.641. The number of rotatable bonds is 0. The van der Waals surface area contributed by atoms with E-state index in [4.69, 9.17) is 11.6 Å². The standard InChI is InChI=1S/C5H6ClN/c6-5-3-1-2-4-7-5/h2,4H,1,3H2. The fourth-order valence-electron chi connectivity index (χ4n) is 0.475. The second-order valence-electron chi connectivity index (χ2n) is 1.43. The van der Waals surface area contributed by atoms with Gasteiger partial charge in [0.25, 0.3) is 0 Å². The van der Waals surface area contributed by atoms with Crippen LogP contribution in [0.1, 0.15) is 12.8 Å². The maximum Gasteiger partial charge on any atom is 0.106 e. The van der Waals surface area contributed by atoms with Crippen LogP contribution in [-0.2, 0) is 0 Å². The molecule has 38 valence electrons. The third-order valence-corrected chi connectivity index (χ3v) is 1.12. The van der Waals surface area contributed by atoms with Gasteiger partial charge < -0.3 is 0 Å². The van der Waals surface area contributed by atoms with Gasteiger partial charge in [-0.2, -0.15) is 0 Å². The molecule has 1 heterocycles. The molecule has 1 aliphatic rings. The summed E-state index contributed by atoms with van der Waals surface area (Å²) < 4.78 is 0. The van der Waals surface area contributed by atoms with Crippen molar-refractivity contribution in [2.24, 2.45) is 4.99 Å². The fraction of sp³-hybridized carbons (Fsp3) is 0.400. The summed E-state index contributed by atoms with van der Waals surface area (Å²) in [5.41, 5.74) is 0. The first-order chi connectivity index (χ1) is 3.39. The van der Waals surface area contributed by atoms with E-state index in [1.54, 1.807) is 6.20 Å². The van der Waals surface area contributed by atoms with Crippen molar-refractivity contribution < 1.29 is 0 Å². The minimum atomic E-state index is 0.725. The lowest BCUT2D eigenvalue weighted by atomic mass is 10.3. The first kappa shape index (κ1) is 4.85. The molecule has 0 saturated carbocycles. The Kier molecular flexibility index (Phi) is 1.47. The summed E-state index contributed by atoms with van der Waals surface area (Å²) in [5.74, 6) is 0. The zero-order valence-electron chi connectivity index (χ0n) is 3.89. The third-order valence-electron chi connectivity index (χ3n) is 0.837.